The zero-order chi connectivity index (χ0) is 18.9. The number of carbonyl (C=O) groups excluding carboxylic acids is 1. The van der Waals surface area contributed by atoms with Gasteiger partial charge in [-0.15, -0.1) is 10.2 Å². The highest BCUT2D eigenvalue weighted by Crippen LogP contribution is 2.22. The monoisotopic (exact) mass is 373 g/mol. The number of fused-ring (bicyclic) bond motifs is 2. The van der Waals surface area contributed by atoms with Crippen molar-refractivity contribution in [2.45, 2.75) is 31.8 Å². The average molecular weight is 373 g/mol. The van der Waals surface area contributed by atoms with Gasteiger partial charge in [-0.25, -0.2) is 9.50 Å². The summed E-state index contributed by atoms with van der Waals surface area (Å²) in [7, 11) is 0. The quantitative estimate of drug-likeness (QED) is 0.594. The van der Waals surface area contributed by atoms with Gasteiger partial charge >= 0.3 is 0 Å². The summed E-state index contributed by atoms with van der Waals surface area (Å²) in [6.07, 6.45) is 5.88. The van der Waals surface area contributed by atoms with E-state index in [9.17, 15) is 4.79 Å². The van der Waals surface area contributed by atoms with E-state index in [1.807, 2.05) is 30.3 Å². The fraction of sp³-hybridized carbons (Fsp3) is 0.250. The lowest BCUT2D eigenvalue weighted by atomic mass is 10.1. The number of aromatic nitrogens is 6. The second kappa shape index (κ2) is 6.88. The molecule has 0 saturated heterocycles. The minimum atomic E-state index is -0.170. The van der Waals surface area contributed by atoms with E-state index in [4.69, 9.17) is 0 Å². The largest absolute Gasteiger partial charge is 0.348 e. The number of nitrogens with zero attached hydrogens (tertiary/aromatic N) is 6. The molecule has 140 valence electrons. The molecule has 1 amide bonds. The first-order valence-corrected chi connectivity index (χ1v) is 9.37. The number of hydrogen-bond acceptors (Lipinski definition) is 5. The van der Waals surface area contributed by atoms with Gasteiger partial charge in [0.05, 0.1) is 0 Å². The Morgan fingerprint density at radius 2 is 2.00 bits per heavy atom. The Kier molecular flexibility index (Phi) is 4.08. The van der Waals surface area contributed by atoms with Gasteiger partial charge in [0.2, 0.25) is 0 Å². The standard InChI is InChI=1S/C20H19N7O/c28-20(16-13-18-21-10-4-11-27(18)25-16)22-15-7-8-17-23-24-19(26(17)12-9-15)14-5-2-1-3-6-14/h1-6,10-11,13,15H,7-9,12H2,(H,22,28). The Bertz CT molecular complexity index is 1100. The minimum absolute atomic E-state index is 0.0654. The molecular weight excluding hydrogens is 354 g/mol. The van der Waals surface area contributed by atoms with Crippen molar-refractivity contribution in [3.05, 3.63) is 66.4 Å². The van der Waals surface area contributed by atoms with Crippen molar-refractivity contribution >= 4 is 11.6 Å². The summed E-state index contributed by atoms with van der Waals surface area (Å²) < 4.78 is 3.77. The molecule has 0 fully saturated rings. The third-order valence-electron chi connectivity index (χ3n) is 5.08. The van der Waals surface area contributed by atoms with Crippen LogP contribution in [-0.2, 0) is 13.0 Å². The topological polar surface area (TPSA) is 90.0 Å². The highest BCUT2D eigenvalue weighted by atomic mass is 16.2. The van der Waals surface area contributed by atoms with Crippen LogP contribution in [0.3, 0.4) is 0 Å². The van der Waals surface area contributed by atoms with E-state index in [2.05, 4.69) is 30.2 Å². The van der Waals surface area contributed by atoms with Gasteiger partial charge in [-0.1, -0.05) is 30.3 Å². The van der Waals surface area contributed by atoms with E-state index < -0.39 is 0 Å². The molecule has 1 atom stereocenters. The maximum atomic E-state index is 12.6. The molecule has 4 heterocycles. The number of amides is 1. The van der Waals surface area contributed by atoms with Crippen molar-refractivity contribution in [3.63, 3.8) is 0 Å². The first-order valence-electron chi connectivity index (χ1n) is 9.37. The van der Waals surface area contributed by atoms with Crippen LogP contribution in [-0.4, -0.2) is 41.3 Å². The van der Waals surface area contributed by atoms with Crippen LogP contribution in [0.1, 0.15) is 29.2 Å². The molecule has 8 nitrogen and oxygen atoms in total. The summed E-state index contributed by atoms with van der Waals surface area (Å²) in [6.45, 7) is 0.768. The van der Waals surface area contributed by atoms with E-state index in [0.29, 0.717) is 11.3 Å². The molecule has 0 bridgehead atoms. The zero-order valence-corrected chi connectivity index (χ0v) is 15.2. The number of carbonyl (C=O) groups is 1. The Morgan fingerprint density at radius 3 is 2.86 bits per heavy atom. The first kappa shape index (κ1) is 16.6. The van der Waals surface area contributed by atoms with Crippen LogP contribution < -0.4 is 5.32 Å². The van der Waals surface area contributed by atoms with Crippen LogP contribution in [0, 0.1) is 0 Å². The van der Waals surface area contributed by atoms with Gasteiger partial charge in [-0.05, 0) is 18.9 Å². The van der Waals surface area contributed by atoms with Crippen LogP contribution in [0.2, 0.25) is 0 Å². The predicted octanol–water partition coefficient (Wildman–Crippen LogP) is 2.12. The summed E-state index contributed by atoms with van der Waals surface area (Å²) in [4.78, 5) is 16.9. The van der Waals surface area contributed by atoms with E-state index in [0.717, 1.165) is 43.0 Å². The Balaban J connectivity index is 1.31. The lowest BCUT2D eigenvalue weighted by Gasteiger charge is -2.15. The van der Waals surface area contributed by atoms with E-state index in [1.54, 1.807) is 29.0 Å². The molecule has 4 aromatic rings. The van der Waals surface area contributed by atoms with Crippen LogP contribution in [0.25, 0.3) is 17.0 Å². The van der Waals surface area contributed by atoms with Crippen molar-refractivity contribution < 1.29 is 4.79 Å². The second-order valence-corrected chi connectivity index (χ2v) is 6.91. The molecule has 1 aliphatic rings. The van der Waals surface area contributed by atoms with E-state index in [1.165, 1.54) is 0 Å². The van der Waals surface area contributed by atoms with Crippen molar-refractivity contribution in [1.82, 2.24) is 34.7 Å². The van der Waals surface area contributed by atoms with Crippen molar-refractivity contribution in [2.75, 3.05) is 0 Å². The molecule has 0 radical (unpaired) electrons. The van der Waals surface area contributed by atoms with Gasteiger partial charge in [0.15, 0.2) is 17.2 Å². The molecule has 1 aliphatic heterocycles. The van der Waals surface area contributed by atoms with Crippen molar-refractivity contribution in [3.8, 4) is 11.4 Å². The van der Waals surface area contributed by atoms with Crippen LogP contribution >= 0.6 is 0 Å². The summed E-state index contributed by atoms with van der Waals surface area (Å²) in [5.74, 6) is 1.68. The van der Waals surface area contributed by atoms with Crippen LogP contribution in [0.4, 0.5) is 0 Å². The van der Waals surface area contributed by atoms with Gasteiger partial charge in [0, 0.05) is 43.0 Å². The highest BCUT2D eigenvalue weighted by molar-refractivity contribution is 5.93. The molecule has 8 heteroatoms. The van der Waals surface area contributed by atoms with Crippen molar-refractivity contribution in [2.24, 2.45) is 0 Å². The third-order valence-corrected chi connectivity index (χ3v) is 5.08. The summed E-state index contributed by atoms with van der Waals surface area (Å²) in [6, 6.07) is 13.6. The number of benzene rings is 1. The van der Waals surface area contributed by atoms with Gasteiger partial charge < -0.3 is 9.88 Å². The molecule has 3 aromatic heterocycles. The first-order chi connectivity index (χ1) is 13.8. The number of aryl methyl sites for hydroxylation is 1. The average Bonchev–Trinajstić information content (AvgIpc) is 3.30. The van der Waals surface area contributed by atoms with Crippen molar-refractivity contribution in [1.29, 1.82) is 0 Å². The third kappa shape index (κ3) is 3.02. The van der Waals surface area contributed by atoms with Crippen LogP contribution in [0.5, 0.6) is 0 Å². The predicted molar refractivity (Wildman–Crippen MR) is 103 cm³/mol. The number of rotatable bonds is 3. The van der Waals surface area contributed by atoms with E-state index >= 15 is 0 Å². The molecular formula is C20H19N7O. The van der Waals surface area contributed by atoms with Gasteiger partial charge in [0.1, 0.15) is 5.82 Å². The van der Waals surface area contributed by atoms with E-state index in [-0.39, 0.29) is 11.9 Å². The number of nitrogens with one attached hydrogen (secondary N) is 1. The van der Waals surface area contributed by atoms with Gasteiger partial charge in [0.25, 0.3) is 5.91 Å². The maximum absolute atomic E-state index is 12.6. The van der Waals surface area contributed by atoms with Gasteiger partial charge in [-0.3, -0.25) is 4.79 Å². The molecule has 0 aliphatic carbocycles. The molecule has 1 N–H and O–H groups in total. The SMILES string of the molecule is O=C(NC1CCc2nnc(-c3ccccc3)n2CC1)c1cc2ncccn2n1. The Morgan fingerprint density at radius 1 is 1.11 bits per heavy atom. The highest BCUT2D eigenvalue weighted by Gasteiger charge is 2.23. The van der Waals surface area contributed by atoms with Crippen LogP contribution in [0.15, 0.2) is 54.9 Å². The minimum Gasteiger partial charge on any atom is -0.348 e. The second-order valence-electron chi connectivity index (χ2n) is 6.91. The molecule has 1 aromatic carbocycles. The smallest absolute Gasteiger partial charge is 0.272 e. The Labute approximate surface area is 161 Å². The number of hydrogen-bond donors (Lipinski definition) is 1. The fourth-order valence-corrected chi connectivity index (χ4v) is 3.63. The molecule has 0 saturated carbocycles. The molecule has 28 heavy (non-hydrogen) atoms. The summed E-state index contributed by atoms with van der Waals surface area (Å²) in [5, 5.41) is 16.2. The zero-order valence-electron chi connectivity index (χ0n) is 15.2. The molecule has 0 spiro atoms. The maximum Gasteiger partial charge on any atom is 0.272 e. The Hall–Kier alpha value is -3.55. The summed E-state index contributed by atoms with van der Waals surface area (Å²) in [5.41, 5.74) is 2.10. The lowest BCUT2D eigenvalue weighted by Crippen LogP contribution is -2.35. The molecule has 1 unspecified atom stereocenters. The molecule has 5 rings (SSSR count). The fourth-order valence-electron chi connectivity index (χ4n) is 3.63. The normalized spacial score (nSPS) is 16.5. The summed E-state index contributed by atoms with van der Waals surface area (Å²) >= 11 is 0. The van der Waals surface area contributed by atoms with Gasteiger partial charge in [-0.2, -0.15) is 5.10 Å². The lowest BCUT2D eigenvalue weighted by molar-refractivity contribution is 0.0927.